The summed E-state index contributed by atoms with van der Waals surface area (Å²) in [4.78, 5) is 2.17. The third kappa shape index (κ3) is 10.1. The van der Waals surface area contributed by atoms with Crippen molar-refractivity contribution in [2.45, 2.75) is 25.6 Å². The van der Waals surface area contributed by atoms with Crippen LogP contribution in [0.3, 0.4) is 0 Å². The fraction of sp³-hybridized carbons (Fsp3) is 1.00. The number of hydrogen-bond acceptors (Lipinski definition) is 2. The van der Waals surface area contributed by atoms with Crippen LogP contribution in [-0.4, -0.2) is 44.0 Å². The van der Waals surface area contributed by atoms with E-state index in [0.29, 0.717) is 5.92 Å². The Kier molecular flexibility index (Phi) is 7.72. The number of nitrogens with zero attached hydrogens (tertiary/aromatic N) is 1. The van der Waals surface area contributed by atoms with E-state index in [1.807, 2.05) is 0 Å². The topological polar surface area (TPSA) is 15.3 Å². The fourth-order valence-electron chi connectivity index (χ4n) is 1.16. The molecule has 13 heavy (non-hydrogen) atoms. The van der Waals surface area contributed by atoms with E-state index < -0.39 is 0 Å². The van der Waals surface area contributed by atoms with Crippen LogP contribution in [0.2, 0.25) is 0 Å². The van der Waals surface area contributed by atoms with Gasteiger partial charge in [0.2, 0.25) is 0 Å². The van der Waals surface area contributed by atoms with Gasteiger partial charge in [0.05, 0.1) is 0 Å². The molecular formula is C10H23ClN2. The first-order chi connectivity index (χ1) is 6.02. The van der Waals surface area contributed by atoms with Gasteiger partial charge < -0.3 is 10.2 Å². The van der Waals surface area contributed by atoms with E-state index >= 15 is 0 Å². The highest BCUT2D eigenvalue weighted by Gasteiger charge is 2.05. The van der Waals surface area contributed by atoms with Gasteiger partial charge in [0, 0.05) is 25.0 Å². The highest BCUT2D eigenvalue weighted by atomic mass is 35.5. The molecule has 3 heteroatoms. The zero-order chi connectivity index (χ0) is 10.3. The Balaban J connectivity index is 3.22. The zero-order valence-corrected chi connectivity index (χ0v) is 10.1. The molecule has 0 saturated carbocycles. The molecule has 80 valence electrons. The molecule has 2 nitrogen and oxygen atoms in total. The predicted molar refractivity (Wildman–Crippen MR) is 60.5 cm³/mol. The third-order valence-corrected chi connectivity index (χ3v) is 2.16. The average Bonchev–Trinajstić information content (AvgIpc) is 1.96. The number of alkyl halides is 1. The van der Waals surface area contributed by atoms with E-state index in [9.17, 15) is 0 Å². The molecule has 0 aromatic carbocycles. The van der Waals surface area contributed by atoms with E-state index in [0.717, 1.165) is 26.1 Å². The molecule has 0 aliphatic heterocycles. The number of nitrogens with one attached hydrogen (secondary N) is 1. The largest absolute Gasteiger partial charge is 0.314 e. The van der Waals surface area contributed by atoms with Gasteiger partial charge in [-0.2, -0.15) is 0 Å². The number of rotatable bonds is 7. The van der Waals surface area contributed by atoms with E-state index in [-0.39, 0.29) is 5.38 Å². The number of halogens is 1. The van der Waals surface area contributed by atoms with Crippen molar-refractivity contribution in [1.29, 1.82) is 0 Å². The summed E-state index contributed by atoms with van der Waals surface area (Å²) < 4.78 is 0. The van der Waals surface area contributed by atoms with Crippen LogP contribution in [0.4, 0.5) is 0 Å². The maximum absolute atomic E-state index is 6.12. The maximum atomic E-state index is 6.12. The minimum Gasteiger partial charge on any atom is -0.314 e. The SMILES string of the molecule is CC(C)CC(Cl)CNCCN(C)C. The molecule has 0 heterocycles. The van der Waals surface area contributed by atoms with Gasteiger partial charge >= 0.3 is 0 Å². The van der Waals surface area contributed by atoms with Gasteiger partial charge in [0.15, 0.2) is 0 Å². The minimum atomic E-state index is 0.280. The van der Waals surface area contributed by atoms with Crippen LogP contribution in [-0.2, 0) is 0 Å². The Morgan fingerprint density at radius 2 is 1.92 bits per heavy atom. The minimum absolute atomic E-state index is 0.280. The lowest BCUT2D eigenvalue weighted by molar-refractivity contribution is 0.397. The lowest BCUT2D eigenvalue weighted by atomic mass is 10.1. The van der Waals surface area contributed by atoms with E-state index in [1.165, 1.54) is 0 Å². The molecule has 0 aromatic heterocycles. The van der Waals surface area contributed by atoms with Gasteiger partial charge in [-0.3, -0.25) is 0 Å². The Morgan fingerprint density at radius 3 is 2.38 bits per heavy atom. The first kappa shape index (κ1) is 13.2. The fourth-order valence-corrected chi connectivity index (χ4v) is 1.62. The molecule has 0 rings (SSSR count). The Labute approximate surface area is 87.6 Å². The van der Waals surface area contributed by atoms with E-state index in [2.05, 4.69) is 38.2 Å². The van der Waals surface area contributed by atoms with Crippen molar-refractivity contribution in [3.8, 4) is 0 Å². The van der Waals surface area contributed by atoms with Gasteiger partial charge in [-0.25, -0.2) is 0 Å². The molecule has 1 atom stereocenters. The molecule has 0 aliphatic carbocycles. The molecule has 0 saturated heterocycles. The van der Waals surface area contributed by atoms with Gasteiger partial charge in [-0.1, -0.05) is 13.8 Å². The van der Waals surface area contributed by atoms with E-state index in [1.54, 1.807) is 0 Å². The maximum Gasteiger partial charge on any atom is 0.0463 e. The molecular weight excluding hydrogens is 184 g/mol. The van der Waals surface area contributed by atoms with Crippen molar-refractivity contribution in [2.75, 3.05) is 33.7 Å². The summed E-state index contributed by atoms with van der Waals surface area (Å²) in [6, 6.07) is 0. The highest BCUT2D eigenvalue weighted by molar-refractivity contribution is 6.20. The Morgan fingerprint density at radius 1 is 1.31 bits per heavy atom. The van der Waals surface area contributed by atoms with Crippen molar-refractivity contribution in [2.24, 2.45) is 5.92 Å². The Hall–Kier alpha value is 0.210. The molecule has 0 radical (unpaired) electrons. The van der Waals surface area contributed by atoms with Crippen LogP contribution in [0.5, 0.6) is 0 Å². The van der Waals surface area contributed by atoms with Gasteiger partial charge in [-0.05, 0) is 26.4 Å². The van der Waals surface area contributed by atoms with Gasteiger partial charge in [0.25, 0.3) is 0 Å². The van der Waals surface area contributed by atoms with Crippen LogP contribution in [0, 0.1) is 5.92 Å². The second kappa shape index (κ2) is 7.60. The van der Waals surface area contributed by atoms with Crippen molar-refractivity contribution >= 4 is 11.6 Å². The normalized spacial score (nSPS) is 14.1. The predicted octanol–water partition coefficient (Wildman–Crippen LogP) is 1.79. The molecule has 0 aromatic rings. The summed E-state index contributed by atoms with van der Waals surface area (Å²) in [5, 5.41) is 3.63. The first-order valence-corrected chi connectivity index (χ1v) is 5.45. The molecule has 0 amide bonds. The lowest BCUT2D eigenvalue weighted by Crippen LogP contribution is -2.31. The van der Waals surface area contributed by atoms with Crippen molar-refractivity contribution < 1.29 is 0 Å². The number of likely N-dealkylation sites (N-methyl/N-ethyl adjacent to an activating group) is 1. The summed E-state index contributed by atoms with van der Waals surface area (Å²) >= 11 is 6.12. The van der Waals surface area contributed by atoms with Crippen molar-refractivity contribution in [3.63, 3.8) is 0 Å². The molecule has 1 N–H and O–H groups in total. The Bertz CT molecular complexity index is 115. The highest BCUT2D eigenvalue weighted by Crippen LogP contribution is 2.09. The standard InChI is InChI=1S/C10H23ClN2/c1-9(2)7-10(11)8-12-5-6-13(3)4/h9-10,12H,5-8H2,1-4H3. The molecule has 0 spiro atoms. The second-order valence-corrected chi connectivity index (χ2v) is 4.85. The lowest BCUT2D eigenvalue weighted by Gasteiger charge is -2.14. The third-order valence-electron chi connectivity index (χ3n) is 1.83. The van der Waals surface area contributed by atoms with Crippen LogP contribution in [0.1, 0.15) is 20.3 Å². The summed E-state index contributed by atoms with van der Waals surface area (Å²) in [5.74, 6) is 0.693. The summed E-state index contributed by atoms with van der Waals surface area (Å²) in [7, 11) is 4.15. The summed E-state index contributed by atoms with van der Waals surface area (Å²) in [6.07, 6.45) is 1.09. The molecule has 0 aliphatic rings. The van der Waals surface area contributed by atoms with Crippen LogP contribution in [0.25, 0.3) is 0 Å². The quantitative estimate of drug-likeness (QED) is 0.505. The van der Waals surface area contributed by atoms with Crippen molar-refractivity contribution in [1.82, 2.24) is 10.2 Å². The second-order valence-electron chi connectivity index (χ2n) is 4.23. The molecule has 0 bridgehead atoms. The van der Waals surface area contributed by atoms with Crippen LogP contribution < -0.4 is 5.32 Å². The van der Waals surface area contributed by atoms with Gasteiger partial charge in [0.1, 0.15) is 0 Å². The van der Waals surface area contributed by atoms with Crippen LogP contribution in [0.15, 0.2) is 0 Å². The summed E-state index contributed by atoms with van der Waals surface area (Å²) in [5.41, 5.74) is 0. The monoisotopic (exact) mass is 206 g/mol. The molecule has 0 fully saturated rings. The summed E-state index contributed by atoms with van der Waals surface area (Å²) in [6.45, 7) is 7.43. The average molecular weight is 207 g/mol. The zero-order valence-electron chi connectivity index (χ0n) is 9.31. The molecule has 1 unspecified atom stereocenters. The smallest absolute Gasteiger partial charge is 0.0463 e. The number of hydrogen-bond donors (Lipinski definition) is 1. The first-order valence-electron chi connectivity index (χ1n) is 5.02. The van der Waals surface area contributed by atoms with Gasteiger partial charge in [-0.15, -0.1) is 11.6 Å². The van der Waals surface area contributed by atoms with E-state index in [4.69, 9.17) is 11.6 Å². The van der Waals surface area contributed by atoms with Crippen molar-refractivity contribution in [3.05, 3.63) is 0 Å². The van der Waals surface area contributed by atoms with Crippen LogP contribution >= 0.6 is 11.6 Å².